The Morgan fingerprint density at radius 2 is 2.41 bits per heavy atom. The molecule has 1 N–H and O–H groups in total. The van der Waals surface area contributed by atoms with Crippen molar-refractivity contribution >= 4 is 17.3 Å². The number of nitrogens with zero attached hydrogens (tertiary/aromatic N) is 1. The first-order chi connectivity index (χ1) is 8.08. The van der Waals surface area contributed by atoms with Crippen LogP contribution in [0.2, 0.25) is 0 Å². The molecule has 2 heterocycles. The molecule has 0 aliphatic carbocycles. The Kier molecular flexibility index (Phi) is 3.79. The number of carbonyl (C=O) groups is 1. The topological polar surface area (TPSA) is 59.4 Å². The van der Waals surface area contributed by atoms with E-state index in [0.29, 0.717) is 10.6 Å². The van der Waals surface area contributed by atoms with E-state index in [9.17, 15) is 4.79 Å². The summed E-state index contributed by atoms with van der Waals surface area (Å²) in [6.07, 6.45) is 3.12. The molecule has 1 aliphatic rings. The number of carboxylic acid groups (broad SMARTS) is 1. The first-order valence-electron chi connectivity index (χ1n) is 5.92. The van der Waals surface area contributed by atoms with E-state index < -0.39 is 5.97 Å². The minimum atomic E-state index is -0.871. The molecule has 1 unspecified atom stereocenters. The number of aromatic carboxylic acids is 1. The molecule has 94 valence electrons. The largest absolute Gasteiger partial charge is 0.477 e. The van der Waals surface area contributed by atoms with Crippen molar-refractivity contribution in [2.24, 2.45) is 0 Å². The second-order valence-corrected chi connectivity index (χ2v) is 5.70. The summed E-state index contributed by atoms with van der Waals surface area (Å²) in [6.45, 7) is 4.76. The van der Waals surface area contributed by atoms with Crippen molar-refractivity contribution in [3.05, 3.63) is 15.6 Å². The molecule has 1 atom stereocenters. The maximum absolute atomic E-state index is 11.1. The van der Waals surface area contributed by atoms with Gasteiger partial charge in [-0.3, -0.25) is 0 Å². The van der Waals surface area contributed by atoms with Crippen molar-refractivity contribution in [1.82, 2.24) is 4.98 Å². The van der Waals surface area contributed by atoms with Gasteiger partial charge in [-0.1, -0.05) is 13.8 Å². The summed E-state index contributed by atoms with van der Waals surface area (Å²) in [4.78, 5) is 16.0. The molecule has 0 radical (unpaired) electrons. The molecule has 0 aromatic carbocycles. The third kappa shape index (κ3) is 2.84. The van der Waals surface area contributed by atoms with Crippen LogP contribution in [0, 0.1) is 0 Å². The van der Waals surface area contributed by atoms with Gasteiger partial charge in [-0.15, -0.1) is 11.3 Å². The lowest BCUT2D eigenvalue weighted by molar-refractivity contribution is 0.0700. The number of carboxylic acids is 1. The monoisotopic (exact) mass is 255 g/mol. The lowest BCUT2D eigenvalue weighted by atomic mass is 10.1. The number of rotatable bonds is 4. The number of hydrogen-bond donors (Lipinski definition) is 1. The SMILES string of the molecule is CC(C)c1nc(CC2CCCO2)sc1C(=O)O. The average molecular weight is 255 g/mol. The van der Waals surface area contributed by atoms with E-state index in [-0.39, 0.29) is 12.0 Å². The Morgan fingerprint density at radius 1 is 1.65 bits per heavy atom. The van der Waals surface area contributed by atoms with Crippen LogP contribution in [0.3, 0.4) is 0 Å². The van der Waals surface area contributed by atoms with Gasteiger partial charge in [-0.05, 0) is 18.8 Å². The quantitative estimate of drug-likeness (QED) is 0.898. The number of hydrogen-bond acceptors (Lipinski definition) is 4. The first kappa shape index (κ1) is 12.5. The maximum Gasteiger partial charge on any atom is 0.347 e. The molecule has 0 spiro atoms. The van der Waals surface area contributed by atoms with Crippen LogP contribution < -0.4 is 0 Å². The van der Waals surface area contributed by atoms with Crippen LogP contribution in [0.25, 0.3) is 0 Å². The summed E-state index contributed by atoms with van der Waals surface area (Å²) in [5.74, 6) is -0.722. The van der Waals surface area contributed by atoms with E-state index in [0.717, 1.165) is 30.9 Å². The van der Waals surface area contributed by atoms with Crippen LogP contribution in [0.5, 0.6) is 0 Å². The molecule has 4 nitrogen and oxygen atoms in total. The predicted octanol–water partition coefficient (Wildman–Crippen LogP) is 2.69. The molecule has 0 saturated carbocycles. The Balaban J connectivity index is 2.17. The third-order valence-corrected chi connectivity index (χ3v) is 3.95. The van der Waals surface area contributed by atoms with E-state index in [4.69, 9.17) is 9.84 Å². The fraction of sp³-hybridized carbons (Fsp3) is 0.667. The standard InChI is InChI=1S/C12H17NO3S/c1-7(2)10-11(12(14)15)17-9(13-10)6-8-4-3-5-16-8/h7-8H,3-6H2,1-2H3,(H,14,15). The highest BCUT2D eigenvalue weighted by molar-refractivity contribution is 7.13. The summed E-state index contributed by atoms with van der Waals surface area (Å²) in [7, 11) is 0. The van der Waals surface area contributed by atoms with Crippen molar-refractivity contribution in [1.29, 1.82) is 0 Å². The van der Waals surface area contributed by atoms with Gasteiger partial charge in [0.25, 0.3) is 0 Å². The normalized spacial score (nSPS) is 20.1. The van der Waals surface area contributed by atoms with Gasteiger partial charge >= 0.3 is 5.97 Å². The zero-order valence-corrected chi connectivity index (χ0v) is 10.9. The van der Waals surface area contributed by atoms with E-state index in [1.54, 1.807) is 0 Å². The van der Waals surface area contributed by atoms with Gasteiger partial charge in [-0.25, -0.2) is 9.78 Å². The van der Waals surface area contributed by atoms with Gasteiger partial charge in [0.2, 0.25) is 0 Å². The predicted molar refractivity (Wildman–Crippen MR) is 65.8 cm³/mol. The van der Waals surface area contributed by atoms with Crippen LogP contribution in [0.4, 0.5) is 0 Å². The average Bonchev–Trinajstić information content (AvgIpc) is 2.86. The zero-order valence-electron chi connectivity index (χ0n) is 10.1. The first-order valence-corrected chi connectivity index (χ1v) is 6.74. The summed E-state index contributed by atoms with van der Waals surface area (Å²) in [5.41, 5.74) is 0.704. The van der Waals surface area contributed by atoms with E-state index >= 15 is 0 Å². The van der Waals surface area contributed by atoms with Crippen molar-refractivity contribution in [2.75, 3.05) is 6.61 Å². The highest BCUT2D eigenvalue weighted by Crippen LogP contribution is 2.27. The molecule has 1 aromatic rings. The van der Waals surface area contributed by atoms with Gasteiger partial charge in [0.1, 0.15) is 4.88 Å². The van der Waals surface area contributed by atoms with Gasteiger partial charge in [0.05, 0.1) is 16.8 Å². The molecular formula is C12H17NO3S. The van der Waals surface area contributed by atoms with Crippen LogP contribution in [0.15, 0.2) is 0 Å². The van der Waals surface area contributed by atoms with Crippen molar-refractivity contribution in [3.63, 3.8) is 0 Å². The van der Waals surface area contributed by atoms with Gasteiger partial charge in [-0.2, -0.15) is 0 Å². The maximum atomic E-state index is 11.1. The minimum absolute atomic E-state index is 0.149. The molecule has 17 heavy (non-hydrogen) atoms. The molecule has 1 aromatic heterocycles. The Hall–Kier alpha value is -0.940. The minimum Gasteiger partial charge on any atom is -0.477 e. The summed E-state index contributed by atoms with van der Waals surface area (Å²) in [5, 5.41) is 10.0. The highest BCUT2D eigenvalue weighted by atomic mass is 32.1. The fourth-order valence-corrected chi connectivity index (χ4v) is 3.13. The van der Waals surface area contributed by atoms with Crippen LogP contribution in [-0.4, -0.2) is 28.8 Å². The van der Waals surface area contributed by atoms with Crippen molar-refractivity contribution < 1.29 is 14.6 Å². The molecular weight excluding hydrogens is 238 g/mol. The Labute approximate surface area is 105 Å². The van der Waals surface area contributed by atoms with Crippen LogP contribution in [0.1, 0.15) is 53.0 Å². The van der Waals surface area contributed by atoms with Crippen molar-refractivity contribution in [2.45, 2.75) is 45.1 Å². The van der Waals surface area contributed by atoms with E-state index in [1.165, 1.54) is 11.3 Å². The van der Waals surface area contributed by atoms with E-state index in [2.05, 4.69) is 4.98 Å². The molecule has 5 heteroatoms. The molecule has 1 fully saturated rings. The fourth-order valence-electron chi connectivity index (χ4n) is 2.01. The molecule has 1 saturated heterocycles. The number of ether oxygens (including phenoxy) is 1. The summed E-state index contributed by atoms with van der Waals surface area (Å²) in [6, 6.07) is 0. The van der Waals surface area contributed by atoms with Gasteiger partial charge in [0.15, 0.2) is 0 Å². The Bertz CT molecular complexity index is 408. The molecule has 1 aliphatic heterocycles. The van der Waals surface area contributed by atoms with Gasteiger partial charge in [0, 0.05) is 13.0 Å². The Morgan fingerprint density at radius 3 is 2.88 bits per heavy atom. The lowest BCUT2D eigenvalue weighted by Gasteiger charge is -2.05. The van der Waals surface area contributed by atoms with E-state index in [1.807, 2.05) is 13.8 Å². The van der Waals surface area contributed by atoms with Crippen LogP contribution in [-0.2, 0) is 11.2 Å². The summed E-state index contributed by atoms with van der Waals surface area (Å²) < 4.78 is 5.55. The van der Waals surface area contributed by atoms with Crippen molar-refractivity contribution in [3.8, 4) is 0 Å². The molecule has 0 bridgehead atoms. The number of aromatic nitrogens is 1. The summed E-state index contributed by atoms with van der Waals surface area (Å²) >= 11 is 1.29. The highest BCUT2D eigenvalue weighted by Gasteiger charge is 2.23. The second kappa shape index (κ2) is 5.14. The molecule has 0 amide bonds. The second-order valence-electron chi connectivity index (χ2n) is 4.62. The smallest absolute Gasteiger partial charge is 0.347 e. The zero-order chi connectivity index (χ0) is 12.4. The number of thiazole rings is 1. The lowest BCUT2D eigenvalue weighted by Crippen LogP contribution is -2.08. The van der Waals surface area contributed by atoms with Crippen LogP contribution >= 0.6 is 11.3 Å². The third-order valence-electron chi connectivity index (χ3n) is 2.87. The molecule has 2 rings (SSSR count). The van der Waals surface area contributed by atoms with Gasteiger partial charge < -0.3 is 9.84 Å².